The third kappa shape index (κ3) is 3.68. The molecule has 2 heterocycles. The molecule has 1 aromatic heterocycles. The first-order valence-corrected chi connectivity index (χ1v) is 9.90. The topological polar surface area (TPSA) is 102 Å². The molecule has 0 bridgehead atoms. The van der Waals surface area contributed by atoms with Gasteiger partial charge in [-0.05, 0) is 25.3 Å². The van der Waals surface area contributed by atoms with Crippen molar-refractivity contribution >= 4 is 32.6 Å². The van der Waals surface area contributed by atoms with Crippen LogP contribution in [-0.4, -0.2) is 48.5 Å². The highest BCUT2D eigenvalue weighted by atomic mass is 32.2. The average Bonchev–Trinajstić information content (AvgIpc) is 2.94. The van der Waals surface area contributed by atoms with E-state index in [2.05, 4.69) is 0 Å². The molecule has 1 aromatic carbocycles. The third-order valence-corrected chi connectivity index (χ3v) is 6.09. The first kappa shape index (κ1) is 17.5. The molecule has 1 aliphatic rings. The zero-order valence-corrected chi connectivity index (χ0v) is 14.7. The lowest BCUT2D eigenvalue weighted by Crippen LogP contribution is -2.37. The maximum absolute atomic E-state index is 12.5. The smallest absolute Gasteiger partial charge is 0.242 e. The number of rotatable bonds is 5. The molecule has 3 rings (SSSR count). The standard InChI is InChI=1S/C17H21N3O4S/c18-16(21)12-25(23,24)15-10-20(14-7-3-2-6-13(14)15)11-17(22)19-8-4-1-5-9-19/h2-3,6-7,10H,1,4-5,8-9,11-12H2,(H2,18,21). The Hall–Kier alpha value is -2.35. The summed E-state index contributed by atoms with van der Waals surface area (Å²) in [5, 5.41) is 0.496. The van der Waals surface area contributed by atoms with Crippen molar-refractivity contribution in [1.29, 1.82) is 0 Å². The molecule has 1 saturated heterocycles. The fraction of sp³-hybridized carbons (Fsp3) is 0.412. The number of benzene rings is 1. The number of carbonyl (C=O) groups excluding carboxylic acids is 2. The van der Waals surface area contributed by atoms with E-state index in [-0.39, 0.29) is 17.3 Å². The summed E-state index contributed by atoms with van der Waals surface area (Å²) >= 11 is 0. The van der Waals surface area contributed by atoms with Crippen molar-refractivity contribution in [2.45, 2.75) is 30.7 Å². The summed E-state index contributed by atoms with van der Waals surface area (Å²) in [4.78, 5) is 25.5. The third-order valence-electron chi connectivity index (χ3n) is 4.43. The number of carbonyl (C=O) groups is 2. The van der Waals surface area contributed by atoms with E-state index in [1.807, 2.05) is 4.90 Å². The Morgan fingerprint density at radius 1 is 1.08 bits per heavy atom. The molecule has 0 atom stereocenters. The normalized spacial score (nSPS) is 15.4. The molecule has 0 saturated carbocycles. The zero-order valence-electron chi connectivity index (χ0n) is 13.8. The quantitative estimate of drug-likeness (QED) is 0.853. The van der Waals surface area contributed by atoms with E-state index in [1.54, 1.807) is 28.8 Å². The van der Waals surface area contributed by atoms with E-state index in [0.717, 1.165) is 32.4 Å². The van der Waals surface area contributed by atoms with Gasteiger partial charge >= 0.3 is 0 Å². The lowest BCUT2D eigenvalue weighted by molar-refractivity contribution is -0.132. The lowest BCUT2D eigenvalue weighted by Gasteiger charge is -2.27. The molecule has 1 fully saturated rings. The maximum atomic E-state index is 12.5. The summed E-state index contributed by atoms with van der Waals surface area (Å²) in [7, 11) is -3.85. The monoisotopic (exact) mass is 363 g/mol. The zero-order chi connectivity index (χ0) is 18.0. The first-order valence-electron chi connectivity index (χ1n) is 8.25. The number of nitrogens with zero attached hydrogens (tertiary/aromatic N) is 2. The second kappa shape index (κ2) is 6.87. The van der Waals surface area contributed by atoms with Gasteiger partial charge in [-0.25, -0.2) is 8.42 Å². The molecule has 0 aliphatic carbocycles. The number of fused-ring (bicyclic) bond motifs is 1. The van der Waals surface area contributed by atoms with Gasteiger partial charge in [0.1, 0.15) is 12.3 Å². The van der Waals surface area contributed by atoms with Crippen LogP contribution >= 0.6 is 0 Å². The molecule has 25 heavy (non-hydrogen) atoms. The molecule has 2 N–H and O–H groups in total. The van der Waals surface area contributed by atoms with E-state index >= 15 is 0 Å². The Kier molecular flexibility index (Phi) is 4.80. The molecule has 1 aliphatic heterocycles. The van der Waals surface area contributed by atoms with Gasteiger partial charge in [-0.3, -0.25) is 9.59 Å². The number of nitrogens with two attached hydrogens (primary N) is 1. The van der Waals surface area contributed by atoms with Crippen LogP contribution in [0.4, 0.5) is 0 Å². The minimum Gasteiger partial charge on any atom is -0.369 e. The van der Waals surface area contributed by atoms with Crippen LogP contribution in [0.1, 0.15) is 19.3 Å². The number of hydrogen-bond donors (Lipinski definition) is 1. The molecule has 0 spiro atoms. The first-order chi connectivity index (χ1) is 11.9. The van der Waals surface area contributed by atoms with Crippen LogP contribution in [0.2, 0.25) is 0 Å². The van der Waals surface area contributed by atoms with Crippen molar-refractivity contribution in [3.8, 4) is 0 Å². The van der Waals surface area contributed by atoms with Crippen molar-refractivity contribution < 1.29 is 18.0 Å². The molecule has 2 aromatic rings. The summed E-state index contributed by atoms with van der Waals surface area (Å²) in [5.41, 5.74) is 5.71. The van der Waals surface area contributed by atoms with Gasteiger partial charge in [0.2, 0.25) is 11.8 Å². The summed E-state index contributed by atoms with van der Waals surface area (Å²) in [6.07, 6.45) is 4.56. The minimum absolute atomic E-state index is 0.0284. The molecule has 0 radical (unpaired) electrons. The van der Waals surface area contributed by atoms with Gasteiger partial charge in [-0.1, -0.05) is 18.2 Å². The highest BCUT2D eigenvalue weighted by Gasteiger charge is 2.24. The Morgan fingerprint density at radius 3 is 2.44 bits per heavy atom. The summed E-state index contributed by atoms with van der Waals surface area (Å²) in [6.45, 7) is 1.56. The largest absolute Gasteiger partial charge is 0.369 e. The number of amides is 2. The van der Waals surface area contributed by atoms with E-state index in [1.165, 1.54) is 6.20 Å². The number of piperidine rings is 1. The van der Waals surface area contributed by atoms with Gasteiger partial charge in [-0.15, -0.1) is 0 Å². The van der Waals surface area contributed by atoms with Crippen LogP contribution in [-0.2, 0) is 26.0 Å². The van der Waals surface area contributed by atoms with Crippen molar-refractivity contribution in [2.24, 2.45) is 5.73 Å². The van der Waals surface area contributed by atoms with Crippen molar-refractivity contribution in [3.05, 3.63) is 30.5 Å². The maximum Gasteiger partial charge on any atom is 0.242 e. The SMILES string of the molecule is NC(=O)CS(=O)(=O)c1cn(CC(=O)N2CCCCC2)c2ccccc12. The number of sulfone groups is 1. The second-order valence-electron chi connectivity index (χ2n) is 6.31. The van der Waals surface area contributed by atoms with Gasteiger partial charge in [-0.2, -0.15) is 0 Å². The fourth-order valence-electron chi connectivity index (χ4n) is 3.25. The molecule has 134 valence electrons. The second-order valence-corrected chi connectivity index (χ2v) is 8.26. The van der Waals surface area contributed by atoms with E-state index < -0.39 is 21.5 Å². The Morgan fingerprint density at radius 2 is 1.76 bits per heavy atom. The van der Waals surface area contributed by atoms with Gasteiger partial charge in [0.25, 0.3) is 0 Å². The summed E-state index contributed by atoms with van der Waals surface area (Å²) in [5.74, 6) is -1.68. The van der Waals surface area contributed by atoms with Crippen molar-refractivity contribution in [2.75, 3.05) is 18.8 Å². The van der Waals surface area contributed by atoms with Gasteiger partial charge < -0.3 is 15.2 Å². The predicted molar refractivity (Wildman–Crippen MR) is 93.6 cm³/mol. The molecule has 7 nitrogen and oxygen atoms in total. The van der Waals surface area contributed by atoms with Crippen LogP contribution in [0.3, 0.4) is 0 Å². The van der Waals surface area contributed by atoms with E-state index in [0.29, 0.717) is 10.9 Å². The number of para-hydroxylation sites is 1. The fourth-order valence-corrected chi connectivity index (χ4v) is 4.57. The summed E-state index contributed by atoms with van der Waals surface area (Å²) in [6, 6.07) is 6.95. The van der Waals surface area contributed by atoms with Crippen molar-refractivity contribution in [1.82, 2.24) is 9.47 Å². The number of likely N-dealkylation sites (tertiary alicyclic amines) is 1. The Bertz CT molecular complexity index is 911. The summed E-state index contributed by atoms with van der Waals surface area (Å²) < 4.78 is 26.5. The molecular weight excluding hydrogens is 342 g/mol. The van der Waals surface area contributed by atoms with E-state index in [4.69, 9.17) is 5.73 Å². The lowest BCUT2D eigenvalue weighted by atomic mass is 10.1. The highest BCUT2D eigenvalue weighted by Crippen LogP contribution is 2.26. The van der Waals surface area contributed by atoms with E-state index in [9.17, 15) is 18.0 Å². The van der Waals surface area contributed by atoms with Gasteiger partial charge in [0, 0.05) is 30.2 Å². The number of primary amides is 1. The van der Waals surface area contributed by atoms with Crippen LogP contribution in [0.25, 0.3) is 10.9 Å². The van der Waals surface area contributed by atoms with Crippen LogP contribution < -0.4 is 5.73 Å². The van der Waals surface area contributed by atoms with Crippen LogP contribution in [0.5, 0.6) is 0 Å². The minimum atomic E-state index is -3.85. The molecule has 8 heteroatoms. The average molecular weight is 363 g/mol. The predicted octanol–water partition coefficient (Wildman–Crippen LogP) is 0.913. The molecule has 0 unspecified atom stereocenters. The Balaban J connectivity index is 1.96. The Labute approximate surface area is 146 Å². The highest BCUT2D eigenvalue weighted by molar-refractivity contribution is 7.92. The molecule has 2 amide bonds. The van der Waals surface area contributed by atoms with Gasteiger partial charge in [0.15, 0.2) is 9.84 Å². The molecular formula is C17H21N3O4S. The van der Waals surface area contributed by atoms with Crippen molar-refractivity contribution in [3.63, 3.8) is 0 Å². The number of aromatic nitrogens is 1. The van der Waals surface area contributed by atoms with Crippen LogP contribution in [0.15, 0.2) is 35.4 Å². The number of hydrogen-bond acceptors (Lipinski definition) is 4. The van der Waals surface area contributed by atoms with Gasteiger partial charge in [0.05, 0.1) is 4.90 Å². The van der Waals surface area contributed by atoms with Crippen LogP contribution in [0, 0.1) is 0 Å².